The molecular formula is C12H14N2O5S. The monoisotopic (exact) mass is 298 g/mol. The maximum absolute atomic E-state index is 11.3. The standard InChI is InChI=1S/C12H14N2O5S/c1-2-4-19-13-8-6-14(12(17)18)9(11(15)16)10-7(8)3-5-20-10/h2-3,5,8-9,13H,1,4,6H2,(H,15,16)(H,17,18). The number of thiophene rings is 1. The number of hydrogen-bond donors (Lipinski definition) is 3. The Labute approximate surface area is 119 Å². The lowest BCUT2D eigenvalue weighted by Crippen LogP contribution is -2.47. The molecule has 0 fully saturated rings. The number of hydrogen-bond acceptors (Lipinski definition) is 5. The fourth-order valence-corrected chi connectivity index (χ4v) is 3.19. The zero-order valence-electron chi connectivity index (χ0n) is 10.5. The molecule has 3 N–H and O–H groups in total. The van der Waals surface area contributed by atoms with E-state index in [-0.39, 0.29) is 13.2 Å². The number of nitrogens with zero attached hydrogens (tertiary/aromatic N) is 1. The molecule has 8 heteroatoms. The topological polar surface area (TPSA) is 99.1 Å². The third-order valence-corrected chi connectivity index (χ3v) is 3.93. The van der Waals surface area contributed by atoms with E-state index in [4.69, 9.17) is 4.84 Å². The lowest BCUT2D eigenvalue weighted by atomic mass is 9.98. The maximum Gasteiger partial charge on any atom is 0.408 e. The summed E-state index contributed by atoms with van der Waals surface area (Å²) >= 11 is 1.22. The minimum absolute atomic E-state index is 0.00712. The zero-order chi connectivity index (χ0) is 14.7. The molecule has 1 aliphatic heterocycles. The first-order valence-electron chi connectivity index (χ1n) is 5.84. The number of carbonyl (C=O) groups is 2. The number of rotatable bonds is 5. The summed E-state index contributed by atoms with van der Waals surface area (Å²) in [6, 6.07) is 0.215. The Morgan fingerprint density at radius 3 is 2.95 bits per heavy atom. The fourth-order valence-electron chi connectivity index (χ4n) is 2.13. The average molecular weight is 298 g/mol. The van der Waals surface area contributed by atoms with Crippen LogP contribution < -0.4 is 5.48 Å². The van der Waals surface area contributed by atoms with Crippen LogP contribution in [0.4, 0.5) is 4.79 Å². The van der Waals surface area contributed by atoms with Gasteiger partial charge in [-0.1, -0.05) is 6.08 Å². The Bertz CT molecular complexity index is 530. The van der Waals surface area contributed by atoms with Gasteiger partial charge in [-0.05, 0) is 17.0 Å². The first-order chi connectivity index (χ1) is 9.56. The van der Waals surface area contributed by atoms with Crippen molar-refractivity contribution in [3.05, 3.63) is 34.5 Å². The van der Waals surface area contributed by atoms with Crippen molar-refractivity contribution in [2.24, 2.45) is 0 Å². The Kier molecular flexibility index (Phi) is 4.38. The number of carboxylic acid groups (broad SMARTS) is 2. The molecule has 2 rings (SSSR count). The number of hydroxylamine groups is 1. The summed E-state index contributed by atoms with van der Waals surface area (Å²) in [5.74, 6) is -1.18. The number of nitrogens with one attached hydrogen (secondary N) is 1. The van der Waals surface area contributed by atoms with Crippen LogP contribution >= 0.6 is 11.3 Å². The molecule has 0 spiro atoms. The van der Waals surface area contributed by atoms with Gasteiger partial charge in [0.25, 0.3) is 0 Å². The number of amides is 1. The predicted molar refractivity (Wildman–Crippen MR) is 71.5 cm³/mol. The van der Waals surface area contributed by atoms with Crippen LogP contribution in [0, 0.1) is 0 Å². The van der Waals surface area contributed by atoms with Crippen molar-refractivity contribution in [2.45, 2.75) is 12.1 Å². The van der Waals surface area contributed by atoms with Crippen molar-refractivity contribution in [1.82, 2.24) is 10.4 Å². The second kappa shape index (κ2) is 6.04. The molecule has 7 nitrogen and oxygen atoms in total. The lowest BCUT2D eigenvalue weighted by molar-refractivity contribution is -0.143. The van der Waals surface area contributed by atoms with Gasteiger partial charge in [0.15, 0.2) is 6.04 Å². The van der Waals surface area contributed by atoms with Gasteiger partial charge < -0.3 is 10.2 Å². The predicted octanol–water partition coefficient (Wildman–Crippen LogP) is 1.62. The van der Waals surface area contributed by atoms with Crippen LogP contribution in [0.5, 0.6) is 0 Å². The summed E-state index contributed by atoms with van der Waals surface area (Å²) in [6.07, 6.45) is 0.284. The van der Waals surface area contributed by atoms with Crippen LogP contribution in [0.25, 0.3) is 0 Å². The summed E-state index contributed by atoms with van der Waals surface area (Å²) in [4.78, 5) is 29.1. The molecule has 1 amide bonds. The summed E-state index contributed by atoms with van der Waals surface area (Å²) in [7, 11) is 0. The zero-order valence-corrected chi connectivity index (χ0v) is 11.3. The van der Waals surface area contributed by atoms with Gasteiger partial charge in [-0.2, -0.15) is 5.48 Å². The highest BCUT2D eigenvalue weighted by atomic mass is 32.1. The molecule has 0 aliphatic carbocycles. The van der Waals surface area contributed by atoms with Crippen LogP contribution in [0.3, 0.4) is 0 Å². The van der Waals surface area contributed by atoms with Gasteiger partial charge in [-0.3, -0.25) is 9.74 Å². The molecule has 2 heterocycles. The first kappa shape index (κ1) is 14.5. The lowest BCUT2D eigenvalue weighted by Gasteiger charge is -2.35. The van der Waals surface area contributed by atoms with Crippen molar-refractivity contribution in [1.29, 1.82) is 0 Å². The smallest absolute Gasteiger partial charge is 0.408 e. The van der Waals surface area contributed by atoms with E-state index in [1.807, 2.05) is 0 Å². The van der Waals surface area contributed by atoms with Crippen LogP contribution in [-0.4, -0.2) is 40.3 Å². The van der Waals surface area contributed by atoms with Crippen LogP contribution in [-0.2, 0) is 9.63 Å². The van der Waals surface area contributed by atoms with E-state index in [9.17, 15) is 19.8 Å². The highest BCUT2D eigenvalue weighted by Crippen LogP contribution is 2.38. The SMILES string of the molecule is C=CCONC1CN(C(=O)O)C(C(=O)O)c2sccc21. The van der Waals surface area contributed by atoms with Gasteiger partial charge in [0.2, 0.25) is 0 Å². The third-order valence-electron chi connectivity index (χ3n) is 2.95. The molecule has 0 saturated heterocycles. The molecule has 0 bridgehead atoms. The third kappa shape index (κ3) is 2.67. The van der Waals surface area contributed by atoms with Gasteiger partial charge in [-0.15, -0.1) is 17.9 Å². The molecule has 2 atom stereocenters. The summed E-state index contributed by atoms with van der Waals surface area (Å²) in [6.45, 7) is 3.79. The molecule has 0 radical (unpaired) electrons. The van der Waals surface area contributed by atoms with E-state index in [2.05, 4.69) is 12.1 Å². The average Bonchev–Trinajstić information content (AvgIpc) is 2.86. The number of aliphatic carboxylic acids is 1. The molecule has 0 saturated carbocycles. The highest BCUT2D eigenvalue weighted by molar-refractivity contribution is 7.10. The second-order valence-corrected chi connectivity index (χ2v) is 5.13. The quantitative estimate of drug-likeness (QED) is 0.434. The van der Waals surface area contributed by atoms with E-state index < -0.39 is 24.1 Å². The van der Waals surface area contributed by atoms with E-state index >= 15 is 0 Å². The Hall–Kier alpha value is -1.90. The molecule has 1 aromatic heterocycles. The van der Waals surface area contributed by atoms with Crippen molar-refractivity contribution in [3.8, 4) is 0 Å². The van der Waals surface area contributed by atoms with Crippen LogP contribution in [0.15, 0.2) is 24.1 Å². The van der Waals surface area contributed by atoms with Gasteiger partial charge in [0, 0.05) is 11.4 Å². The second-order valence-electron chi connectivity index (χ2n) is 4.19. The molecule has 2 unspecified atom stereocenters. The Balaban J connectivity index is 2.30. The molecular weight excluding hydrogens is 284 g/mol. The number of fused-ring (bicyclic) bond motifs is 1. The van der Waals surface area contributed by atoms with Gasteiger partial charge in [0.05, 0.1) is 12.6 Å². The summed E-state index contributed by atoms with van der Waals surface area (Å²) < 4.78 is 0. The molecule has 0 aromatic carbocycles. The summed E-state index contributed by atoms with van der Waals surface area (Å²) in [5.41, 5.74) is 3.50. The fraction of sp³-hybridized carbons (Fsp3) is 0.333. The number of carboxylic acids is 1. The first-order valence-corrected chi connectivity index (χ1v) is 6.72. The van der Waals surface area contributed by atoms with Gasteiger partial charge >= 0.3 is 12.1 Å². The maximum atomic E-state index is 11.3. The molecule has 108 valence electrons. The Morgan fingerprint density at radius 1 is 1.60 bits per heavy atom. The van der Waals surface area contributed by atoms with E-state index in [1.165, 1.54) is 11.3 Å². The largest absolute Gasteiger partial charge is 0.479 e. The van der Waals surface area contributed by atoms with Gasteiger partial charge in [0.1, 0.15) is 0 Å². The minimum Gasteiger partial charge on any atom is -0.479 e. The summed E-state index contributed by atoms with van der Waals surface area (Å²) in [5, 5.41) is 20.2. The van der Waals surface area contributed by atoms with Crippen molar-refractivity contribution in [3.63, 3.8) is 0 Å². The molecule has 1 aromatic rings. The van der Waals surface area contributed by atoms with E-state index in [1.54, 1.807) is 17.5 Å². The van der Waals surface area contributed by atoms with Crippen LogP contribution in [0.1, 0.15) is 22.5 Å². The highest BCUT2D eigenvalue weighted by Gasteiger charge is 2.41. The van der Waals surface area contributed by atoms with Gasteiger partial charge in [-0.25, -0.2) is 9.59 Å². The Morgan fingerprint density at radius 2 is 2.35 bits per heavy atom. The minimum atomic E-state index is -1.27. The molecule has 20 heavy (non-hydrogen) atoms. The normalized spacial score (nSPS) is 21.3. The van der Waals surface area contributed by atoms with Crippen LogP contribution in [0.2, 0.25) is 0 Å². The van der Waals surface area contributed by atoms with E-state index in [0.717, 1.165) is 10.5 Å². The van der Waals surface area contributed by atoms with Crippen molar-refractivity contribution < 1.29 is 24.6 Å². The van der Waals surface area contributed by atoms with Crippen molar-refractivity contribution >= 4 is 23.4 Å². The van der Waals surface area contributed by atoms with E-state index in [0.29, 0.717) is 4.88 Å². The molecule has 1 aliphatic rings. The van der Waals surface area contributed by atoms with Crippen molar-refractivity contribution in [2.75, 3.05) is 13.2 Å².